The first-order valence-corrected chi connectivity index (χ1v) is 6.86. The van der Waals surface area contributed by atoms with Crippen LogP contribution in [0.2, 0.25) is 0 Å². The largest absolute Gasteiger partial charge is 0.508 e. The van der Waals surface area contributed by atoms with Gasteiger partial charge in [-0.15, -0.1) is 0 Å². The van der Waals surface area contributed by atoms with Crippen molar-refractivity contribution in [3.8, 4) is 11.5 Å². The third-order valence-electron chi connectivity index (χ3n) is 3.45. The van der Waals surface area contributed by atoms with E-state index in [-0.39, 0.29) is 11.8 Å². The second-order valence-electron chi connectivity index (χ2n) is 4.84. The molecule has 0 saturated heterocycles. The molecule has 20 heavy (non-hydrogen) atoms. The van der Waals surface area contributed by atoms with E-state index in [0.29, 0.717) is 0 Å². The molecule has 0 aromatic heterocycles. The third-order valence-corrected chi connectivity index (χ3v) is 3.45. The molecule has 3 nitrogen and oxygen atoms in total. The molecule has 0 aliphatic rings. The zero-order chi connectivity index (χ0) is 14.5. The number of aryl methyl sites for hydroxylation is 1. The van der Waals surface area contributed by atoms with Gasteiger partial charge >= 0.3 is 0 Å². The second kappa shape index (κ2) is 6.33. The predicted octanol–water partition coefficient (Wildman–Crippen LogP) is 4.14. The van der Waals surface area contributed by atoms with Gasteiger partial charge in [0, 0.05) is 11.3 Å². The minimum Gasteiger partial charge on any atom is -0.508 e. The number of phenolic OH excluding ortho intramolecular Hbond substituents is 1. The highest BCUT2D eigenvalue weighted by molar-refractivity contribution is 5.49. The molecule has 3 heteroatoms. The Kier molecular flexibility index (Phi) is 4.51. The maximum absolute atomic E-state index is 9.97. The van der Waals surface area contributed by atoms with Crippen molar-refractivity contribution in [3.63, 3.8) is 0 Å². The van der Waals surface area contributed by atoms with Crippen LogP contribution in [0.1, 0.15) is 31.0 Å². The molecule has 0 saturated carbocycles. The first-order chi connectivity index (χ1) is 9.63. The van der Waals surface area contributed by atoms with Crippen LogP contribution >= 0.6 is 0 Å². The van der Waals surface area contributed by atoms with E-state index in [4.69, 9.17) is 4.74 Å². The summed E-state index contributed by atoms with van der Waals surface area (Å²) in [5.41, 5.74) is 3.17. The highest BCUT2D eigenvalue weighted by atomic mass is 16.5. The summed E-state index contributed by atoms with van der Waals surface area (Å²) in [7, 11) is 1.62. The van der Waals surface area contributed by atoms with Gasteiger partial charge in [0.1, 0.15) is 11.5 Å². The molecular formula is C17H21NO2. The Balaban J connectivity index is 2.16. The van der Waals surface area contributed by atoms with Gasteiger partial charge in [-0.25, -0.2) is 0 Å². The number of nitrogens with one attached hydrogen (secondary N) is 1. The van der Waals surface area contributed by atoms with E-state index in [9.17, 15) is 5.11 Å². The lowest BCUT2D eigenvalue weighted by molar-refractivity contribution is 0.410. The van der Waals surface area contributed by atoms with Crippen molar-refractivity contribution in [1.82, 2.24) is 0 Å². The molecule has 0 radical (unpaired) electrons. The van der Waals surface area contributed by atoms with Crippen LogP contribution in [0.5, 0.6) is 11.5 Å². The Labute approximate surface area is 120 Å². The zero-order valence-electron chi connectivity index (χ0n) is 12.2. The lowest BCUT2D eigenvalue weighted by Crippen LogP contribution is -2.07. The first-order valence-electron chi connectivity index (χ1n) is 6.86. The zero-order valence-corrected chi connectivity index (χ0v) is 12.2. The van der Waals surface area contributed by atoms with Gasteiger partial charge in [-0.3, -0.25) is 0 Å². The van der Waals surface area contributed by atoms with E-state index in [2.05, 4.69) is 36.5 Å². The van der Waals surface area contributed by atoms with Gasteiger partial charge in [0.15, 0.2) is 0 Å². The maximum Gasteiger partial charge on any atom is 0.121 e. The summed E-state index contributed by atoms with van der Waals surface area (Å²) >= 11 is 0. The molecule has 0 aliphatic heterocycles. The molecular weight excluding hydrogens is 250 g/mol. The number of hydrogen-bond acceptors (Lipinski definition) is 3. The van der Waals surface area contributed by atoms with E-state index in [0.717, 1.165) is 23.4 Å². The lowest BCUT2D eigenvalue weighted by atomic mass is 10.1. The number of phenols is 1. The fourth-order valence-corrected chi connectivity index (χ4v) is 2.17. The maximum atomic E-state index is 9.97. The van der Waals surface area contributed by atoms with Gasteiger partial charge in [-0.1, -0.05) is 19.1 Å². The van der Waals surface area contributed by atoms with E-state index in [1.54, 1.807) is 19.2 Å². The van der Waals surface area contributed by atoms with Crippen LogP contribution in [0.4, 0.5) is 5.69 Å². The van der Waals surface area contributed by atoms with Gasteiger partial charge in [-0.2, -0.15) is 0 Å². The quantitative estimate of drug-likeness (QED) is 0.859. The molecule has 106 valence electrons. The van der Waals surface area contributed by atoms with Crippen LogP contribution in [0.3, 0.4) is 0 Å². The normalized spacial score (nSPS) is 11.9. The average molecular weight is 271 g/mol. The fraction of sp³-hybridized carbons (Fsp3) is 0.294. The molecule has 0 heterocycles. The summed E-state index contributed by atoms with van der Waals surface area (Å²) in [5, 5.41) is 13.4. The van der Waals surface area contributed by atoms with Crippen molar-refractivity contribution in [2.75, 3.05) is 12.4 Å². The van der Waals surface area contributed by atoms with Crippen LogP contribution in [0, 0.1) is 0 Å². The molecule has 0 spiro atoms. The van der Waals surface area contributed by atoms with E-state index >= 15 is 0 Å². The van der Waals surface area contributed by atoms with Crippen molar-refractivity contribution in [1.29, 1.82) is 0 Å². The minimum absolute atomic E-state index is 0.00224. The van der Waals surface area contributed by atoms with Crippen LogP contribution in [-0.2, 0) is 6.42 Å². The van der Waals surface area contributed by atoms with Crippen LogP contribution in [-0.4, -0.2) is 12.2 Å². The van der Waals surface area contributed by atoms with Crippen molar-refractivity contribution in [2.24, 2.45) is 0 Å². The van der Waals surface area contributed by atoms with Crippen molar-refractivity contribution >= 4 is 5.69 Å². The Hall–Kier alpha value is -2.16. The summed E-state index contributed by atoms with van der Waals surface area (Å²) in [4.78, 5) is 0. The molecule has 2 N–H and O–H groups in total. The molecule has 2 rings (SSSR count). The number of rotatable bonds is 5. The van der Waals surface area contributed by atoms with Crippen LogP contribution in [0.15, 0.2) is 42.5 Å². The van der Waals surface area contributed by atoms with Crippen molar-refractivity contribution in [2.45, 2.75) is 26.3 Å². The number of methoxy groups -OCH3 is 1. The summed E-state index contributed by atoms with van der Waals surface area (Å²) < 4.78 is 5.20. The average Bonchev–Trinajstić information content (AvgIpc) is 2.48. The summed E-state index contributed by atoms with van der Waals surface area (Å²) in [5.74, 6) is 1.02. The standard InChI is InChI=1S/C17H21NO2/c1-4-13-5-7-14(8-6-13)18-12(2)16-11-15(20-3)9-10-17(16)19/h5-12,18-19H,4H2,1-3H3. The summed E-state index contributed by atoms with van der Waals surface area (Å²) in [6.45, 7) is 4.15. The number of aromatic hydroxyl groups is 1. The second-order valence-corrected chi connectivity index (χ2v) is 4.84. The monoisotopic (exact) mass is 271 g/mol. The summed E-state index contributed by atoms with van der Waals surface area (Å²) in [6.07, 6.45) is 1.03. The van der Waals surface area contributed by atoms with Gasteiger partial charge in [0.25, 0.3) is 0 Å². The predicted molar refractivity (Wildman–Crippen MR) is 82.5 cm³/mol. The smallest absolute Gasteiger partial charge is 0.121 e. The molecule has 0 amide bonds. The summed E-state index contributed by atoms with van der Waals surface area (Å²) in [6, 6.07) is 13.6. The molecule has 1 atom stereocenters. The minimum atomic E-state index is -0.00224. The highest BCUT2D eigenvalue weighted by Gasteiger charge is 2.11. The molecule has 0 fully saturated rings. The Morgan fingerprint density at radius 3 is 2.45 bits per heavy atom. The van der Waals surface area contributed by atoms with Gasteiger partial charge in [-0.05, 0) is 49.2 Å². The van der Waals surface area contributed by atoms with Crippen molar-refractivity contribution < 1.29 is 9.84 Å². The fourth-order valence-electron chi connectivity index (χ4n) is 2.17. The van der Waals surface area contributed by atoms with Gasteiger partial charge in [0.05, 0.1) is 13.2 Å². The SMILES string of the molecule is CCc1ccc(NC(C)c2cc(OC)ccc2O)cc1. The third kappa shape index (κ3) is 3.23. The topological polar surface area (TPSA) is 41.5 Å². The first kappa shape index (κ1) is 14.3. The number of anilines is 1. The lowest BCUT2D eigenvalue weighted by Gasteiger charge is -2.18. The highest BCUT2D eigenvalue weighted by Crippen LogP contribution is 2.30. The van der Waals surface area contributed by atoms with E-state index in [1.165, 1.54) is 5.56 Å². The van der Waals surface area contributed by atoms with Crippen LogP contribution in [0.25, 0.3) is 0 Å². The van der Waals surface area contributed by atoms with Gasteiger partial charge < -0.3 is 15.2 Å². The molecule has 1 unspecified atom stereocenters. The Morgan fingerprint density at radius 2 is 1.85 bits per heavy atom. The van der Waals surface area contributed by atoms with Gasteiger partial charge in [0.2, 0.25) is 0 Å². The Morgan fingerprint density at radius 1 is 1.15 bits per heavy atom. The van der Waals surface area contributed by atoms with E-state index < -0.39 is 0 Å². The molecule has 0 bridgehead atoms. The van der Waals surface area contributed by atoms with E-state index in [1.807, 2.05) is 13.0 Å². The number of benzene rings is 2. The molecule has 2 aromatic carbocycles. The molecule has 2 aromatic rings. The van der Waals surface area contributed by atoms with Crippen molar-refractivity contribution in [3.05, 3.63) is 53.6 Å². The number of ether oxygens (including phenoxy) is 1. The Bertz CT molecular complexity index is 564. The number of hydrogen-bond donors (Lipinski definition) is 2. The molecule has 0 aliphatic carbocycles. The van der Waals surface area contributed by atoms with Crippen LogP contribution < -0.4 is 10.1 Å².